The van der Waals surface area contributed by atoms with Crippen LogP contribution in [0.1, 0.15) is 155 Å². The second-order valence-corrected chi connectivity index (χ2v) is 28.2. The van der Waals surface area contributed by atoms with Gasteiger partial charge in [-0.2, -0.15) is 0 Å². The lowest BCUT2D eigenvalue weighted by Crippen LogP contribution is -2.60. The molecule has 0 saturated carbocycles. The van der Waals surface area contributed by atoms with Crippen molar-refractivity contribution in [3.05, 3.63) is 160 Å². The third-order valence-corrected chi connectivity index (χ3v) is 20.4. The Labute approximate surface area is 447 Å². The number of furan rings is 2. The van der Waals surface area contributed by atoms with E-state index in [1.165, 1.54) is 122 Å². The van der Waals surface area contributed by atoms with Crippen LogP contribution in [0.2, 0.25) is 0 Å². The van der Waals surface area contributed by atoms with Crippen molar-refractivity contribution in [1.82, 2.24) is 4.57 Å². The maximum absolute atomic E-state index is 7.28. The highest BCUT2D eigenvalue weighted by atomic mass is 16.3. The predicted octanol–water partition coefficient (Wildman–Crippen LogP) is 18.1. The lowest BCUT2D eigenvalue weighted by Gasteiger charge is -2.43. The van der Waals surface area contributed by atoms with Crippen molar-refractivity contribution in [2.75, 3.05) is 4.81 Å². The van der Waals surface area contributed by atoms with Crippen molar-refractivity contribution in [3.63, 3.8) is 0 Å². The van der Waals surface area contributed by atoms with E-state index in [9.17, 15) is 0 Å². The van der Waals surface area contributed by atoms with Crippen molar-refractivity contribution in [3.8, 4) is 27.9 Å². The molecule has 376 valence electrons. The molecule has 0 fully saturated rings. The Morgan fingerprint density at radius 3 is 1.72 bits per heavy atom. The number of hydrogen-bond acceptors (Lipinski definition) is 3. The van der Waals surface area contributed by atoms with Crippen molar-refractivity contribution in [2.24, 2.45) is 0 Å². The summed E-state index contributed by atoms with van der Waals surface area (Å²) in [7, 11) is 0. The molecule has 0 atom stereocenters. The summed E-state index contributed by atoms with van der Waals surface area (Å²) in [5.74, 6) is 0. The first kappa shape index (κ1) is 45.2. The van der Waals surface area contributed by atoms with Gasteiger partial charge < -0.3 is 18.2 Å². The van der Waals surface area contributed by atoms with Crippen molar-refractivity contribution in [1.29, 1.82) is 0 Å². The van der Waals surface area contributed by atoms with Gasteiger partial charge in [0.05, 0.1) is 11.0 Å². The molecule has 8 aromatic carbocycles. The molecule has 3 aromatic heterocycles. The first-order chi connectivity index (χ1) is 36.0. The van der Waals surface area contributed by atoms with E-state index in [2.05, 4.69) is 221 Å². The minimum absolute atomic E-state index is 0.00519. The fourth-order valence-electron chi connectivity index (χ4n) is 15.9. The zero-order chi connectivity index (χ0) is 52.3. The molecule has 0 amide bonds. The van der Waals surface area contributed by atoms with Gasteiger partial charge in [0, 0.05) is 60.4 Å². The fourth-order valence-corrected chi connectivity index (χ4v) is 15.9. The minimum atomic E-state index is -0.298. The number of fused-ring (bicyclic) bond motifs is 21. The lowest BCUT2D eigenvalue weighted by molar-refractivity contribution is 0.332. The van der Waals surface area contributed by atoms with Crippen molar-refractivity contribution in [2.45, 2.75) is 148 Å². The topological polar surface area (TPSA) is 34.5 Å². The normalized spacial score (nSPS) is 18.9. The van der Waals surface area contributed by atoms with Crippen LogP contribution in [0.4, 0.5) is 11.4 Å². The SMILES string of the molecule is CC(C)(C)c1ccc(N2B3c4cc5oc6ccccc6c5cc4-n4c5cc6c(cc5c5c7c(c(c3c54)-c3cc4oc5cc8c(cc5c4cc32)C(C)(C)CCC8(C)C)-c2ccccc2C7(C)C)C(C)(C)CCC6(C)C)cc1. The molecule has 0 bridgehead atoms. The van der Waals surface area contributed by atoms with Gasteiger partial charge >= 0.3 is 6.85 Å². The summed E-state index contributed by atoms with van der Waals surface area (Å²) in [5.41, 5.74) is 27.7. The van der Waals surface area contributed by atoms with Crippen LogP contribution in [-0.4, -0.2) is 11.4 Å². The zero-order valence-electron chi connectivity index (χ0n) is 46.7. The maximum Gasteiger partial charge on any atom is 0.333 e. The van der Waals surface area contributed by atoms with E-state index in [0.29, 0.717) is 0 Å². The number of anilines is 2. The molecule has 0 spiro atoms. The van der Waals surface area contributed by atoms with E-state index in [4.69, 9.17) is 8.83 Å². The molecule has 16 rings (SSSR count). The molecule has 2 aliphatic heterocycles. The van der Waals surface area contributed by atoms with Gasteiger partial charge in [0.2, 0.25) is 0 Å². The smallest absolute Gasteiger partial charge is 0.333 e. The predicted molar refractivity (Wildman–Crippen MR) is 321 cm³/mol. The van der Waals surface area contributed by atoms with Crippen LogP contribution in [0.3, 0.4) is 0 Å². The van der Waals surface area contributed by atoms with Gasteiger partial charge in [0.1, 0.15) is 22.3 Å². The third-order valence-electron chi connectivity index (χ3n) is 20.4. The second-order valence-electron chi connectivity index (χ2n) is 28.2. The highest BCUT2D eigenvalue weighted by Crippen LogP contribution is 2.61. The molecule has 76 heavy (non-hydrogen) atoms. The van der Waals surface area contributed by atoms with Gasteiger partial charge in [-0.25, -0.2) is 0 Å². The molecule has 11 aromatic rings. The van der Waals surface area contributed by atoms with Gasteiger partial charge in [-0.3, -0.25) is 0 Å². The lowest BCUT2D eigenvalue weighted by atomic mass is 9.43. The van der Waals surface area contributed by atoms with Crippen LogP contribution in [0.15, 0.2) is 130 Å². The summed E-state index contributed by atoms with van der Waals surface area (Å²) in [4.78, 5) is 2.72. The maximum atomic E-state index is 7.28. The van der Waals surface area contributed by atoms with Gasteiger partial charge in [-0.15, -0.1) is 0 Å². The first-order valence-electron chi connectivity index (χ1n) is 28.3. The minimum Gasteiger partial charge on any atom is -0.456 e. The van der Waals surface area contributed by atoms with Crippen LogP contribution in [0.5, 0.6) is 0 Å². The van der Waals surface area contributed by atoms with Gasteiger partial charge in [-0.1, -0.05) is 145 Å². The number of benzene rings is 8. The molecule has 5 aliphatic rings. The summed E-state index contributed by atoms with van der Waals surface area (Å²) in [5, 5.41) is 7.43. The quantitative estimate of drug-likeness (QED) is 0.154. The molecule has 0 N–H and O–H groups in total. The van der Waals surface area contributed by atoms with Crippen LogP contribution >= 0.6 is 0 Å². The largest absolute Gasteiger partial charge is 0.456 e. The Kier molecular flexibility index (Phi) is 8.30. The monoisotopic (exact) mass is 991 g/mol. The van der Waals surface area contributed by atoms with Crippen molar-refractivity contribution < 1.29 is 8.83 Å². The van der Waals surface area contributed by atoms with E-state index in [1.807, 2.05) is 0 Å². The standard InChI is InChI=1S/C71H67BN2O2/c1-66(2,3)38-22-24-39(25-23-38)74-54-32-44-42-30-48-51(70(10,11)29-27-67(48,4)5)36-58(42)76-57(44)34-46(54)61-60-41-19-14-16-20-47(41)71(12,13)63(60)62-45-31-49-50(69(8,9)28-26-68(49,6)7)35-53(45)73-55-33-43-40-18-15-17-21-56(40)75-59(43)37-52(55)72(74)64(61)65(62)73/h14-25,30-37H,26-29H2,1-13H3. The summed E-state index contributed by atoms with van der Waals surface area (Å²) >= 11 is 0. The van der Waals surface area contributed by atoms with E-state index < -0.39 is 0 Å². The number of para-hydroxylation sites is 1. The number of hydrogen-bond donors (Lipinski definition) is 0. The van der Waals surface area contributed by atoms with Crippen LogP contribution in [-0.2, 0) is 32.5 Å². The third kappa shape index (κ3) is 5.57. The Balaban J connectivity index is 1.14. The van der Waals surface area contributed by atoms with Gasteiger partial charge in [0.15, 0.2) is 0 Å². The average Bonchev–Trinajstić information content (AvgIpc) is 4.12. The molecule has 0 radical (unpaired) electrons. The molecule has 5 heteroatoms. The van der Waals surface area contributed by atoms with Gasteiger partial charge in [-0.05, 0) is 186 Å². The Bertz CT molecular complexity index is 4480. The zero-order valence-corrected chi connectivity index (χ0v) is 46.7. The molecule has 4 nitrogen and oxygen atoms in total. The van der Waals surface area contributed by atoms with E-state index in [0.717, 1.165) is 58.8 Å². The molecular formula is C71H67BN2O2. The van der Waals surface area contributed by atoms with Crippen LogP contribution < -0.4 is 15.7 Å². The summed E-state index contributed by atoms with van der Waals surface area (Å²) in [6.45, 7) is 31.4. The van der Waals surface area contributed by atoms with E-state index in [-0.39, 0.29) is 39.3 Å². The Hall–Kier alpha value is -6.98. The van der Waals surface area contributed by atoms with E-state index >= 15 is 0 Å². The first-order valence-corrected chi connectivity index (χ1v) is 28.3. The Morgan fingerprint density at radius 2 is 1.03 bits per heavy atom. The average molecular weight is 991 g/mol. The van der Waals surface area contributed by atoms with Gasteiger partial charge in [0.25, 0.3) is 0 Å². The van der Waals surface area contributed by atoms with Crippen LogP contribution in [0, 0.1) is 0 Å². The molecule has 0 unspecified atom stereocenters. The molecular weight excluding hydrogens is 924 g/mol. The van der Waals surface area contributed by atoms with E-state index in [1.54, 1.807) is 0 Å². The number of nitrogens with zero attached hydrogens (tertiary/aromatic N) is 2. The fraction of sp³-hybridized carbons (Fsp3) is 0.324. The highest BCUT2D eigenvalue weighted by molar-refractivity contribution is 6.94. The highest BCUT2D eigenvalue weighted by Gasteiger charge is 2.51. The number of aromatic nitrogens is 1. The van der Waals surface area contributed by atoms with Crippen molar-refractivity contribution >= 4 is 94.8 Å². The summed E-state index contributed by atoms with van der Waals surface area (Å²) in [6, 6.07) is 47.6. The molecule has 3 aliphatic carbocycles. The number of rotatable bonds is 1. The summed E-state index contributed by atoms with van der Waals surface area (Å²) in [6.07, 6.45) is 4.62. The summed E-state index contributed by atoms with van der Waals surface area (Å²) < 4.78 is 17.0. The molecule has 0 saturated heterocycles. The van der Waals surface area contributed by atoms with Crippen LogP contribution in [0.25, 0.3) is 93.6 Å². The second kappa shape index (κ2) is 13.9. The molecule has 5 heterocycles. The Morgan fingerprint density at radius 1 is 0.474 bits per heavy atom.